The fourth-order valence-electron chi connectivity index (χ4n) is 3.99. The van der Waals surface area contributed by atoms with E-state index in [0.29, 0.717) is 34.3 Å². The molecule has 0 bridgehead atoms. The van der Waals surface area contributed by atoms with E-state index in [2.05, 4.69) is 20.6 Å². The van der Waals surface area contributed by atoms with Gasteiger partial charge in [-0.15, -0.1) is 5.10 Å². The maximum atomic E-state index is 14.0. The van der Waals surface area contributed by atoms with Gasteiger partial charge in [-0.2, -0.15) is 0 Å². The Balaban J connectivity index is 1.81. The quantitative estimate of drug-likeness (QED) is 0.348. The van der Waals surface area contributed by atoms with E-state index in [4.69, 9.17) is 0 Å². The number of pyridine rings is 1. The van der Waals surface area contributed by atoms with Gasteiger partial charge in [0.25, 0.3) is 0 Å². The van der Waals surface area contributed by atoms with Crippen molar-refractivity contribution in [1.29, 1.82) is 0 Å². The van der Waals surface area contributed by atoms with Crippen LogP contribution in [0.5, 0.6) is 0 Å². The molecule has 1 unspecified atom stereocenters. The monoisotopic (exact) mass is 498 g/mol. The molecule has 0 aliphatic carbocycles. The Hall–Kier alpha value is -4.40. The van der Waals surface area contributed by atoms with Crippen LogP contribution in [0, 0.1) is 0 Å². The third kappa shape index (κ3) is 5.72. The second-order valence-electron chi connectivity index (χ2n) is 9.51. The van der Waals surface area contributed by atoms with Crippen LogP contribution in [-0.2, 0) is 16.1 Å². The van der Waals surface area contributed by atoms with Gasteiger partial charge in [0.15, 0.2) is 5.78 Å². The Bertz CT molecular complexity index is 1410. The largest absolute Gasteiger partial charge is 0.349 e. The van der Waals surface area contributed by atoms with Gasteiger partial charge < -0.3 is 5.32 Å². The molecular formula is C28H30N6O3. The van der Waals surface area contributed by atoms with Gasteiger partial charge in [-0.25, -0.2) is 4.68 Å². The summed E-state index contributed by atoms with van der Waals surface area (Å²) in [7, 11) is 0. The summed E-state index contributed by atoms with van der Waals surface area (Å²) in [5.74, 6) is -0.783. The predicted octanol–water partition coefficient (Wildman–Crippen LogP) is 4.11. The van der Waals surface area contributed by atoms with Crippen LogP contribution in [0.2, 0.25) is 0 Å². The number of ketones is 1. The first-order valence-corrected chi connectivity index (χ1v) is 12.1. The van der Waals surface area contributed by atoms with Crippen LogP contribution < -0.4 is 10.2 Å². The Morgan fingerprint density at radius 1 is 1.00 bits per heavy atom. The van der Waals surface area contributed by atoms with Gasteiger partial charge in [0.2, 0.25) is 11.8 Å². The van der Waals surface area contributed by atoms with Crippen molar-refractivity contribution in [2.24, 2.45) is 0 Å². The highest BCUT2D eigenvalue weighted by Crippen LogP contribution is 2.30. The molecule has 1 N–H and O–H groups in total. The minimum Gasteiger partial charge on any atom is -0.349 e. The van der Waals surface area contributed by atoms with Gasteiger partial charge >= 0.3 is 0 Å². The molecule has 190 valence electrons. The number of nitrogens with zero attached hydrogens (tertiary/aromatic N) is 5. The van der Waals surface area contributed by atoms with E-state index in [1.807, 2.05) is 45.0 Å². The summed E-state index contributed by atoms with van der Waals surface area (Å²) >= 11 is 0. The number of nitrogens with one attached hydrogen (secondary N) is 1. The SMILES string of the molecule is CCC(C)(C)NC(=O)C(c1ccncc1)N(C(=O)Cn1nnc2ccccc21)c1ccc(C(C)=O)cc1. The fraction of sp³-hybridized carbons (Fsp3) is 0.286. The topological polar surface area (TPSA) is 110 Å². The molecule has 2 amide bonds. The molecule has 9 nitrogen and oxygen atoms in total. The number of carbonyl (C=O) groups excluding carboxylic acids is 3. The maximum Gasteiger partial charge on any atom is 0.249 e. The zero-order valence-electron chi connectivity index (χ0n) is 21.4. The summed E-state index contributed by atoms with van der Waals surface area (Å²) in [6, 6.07) is 16.5. The molecule has 0 spiro atoms. The second-order valence-corrected chi connectivity index (χ2v) is 9.51. The van der Waals surface area contributed by atoms with Gasteiger partial charge in [-0.3, -0.25) is 24.3 Å². The molecule has 0 radical (unpaired) electrons. The van der Waals surface area contributed by atoms with Gasteiger partial charge in [0.1, 0.15) is 18.1 Å². The molecule has 2 aromatic heterocycles. The molecule has 0 aliphatic heterocycles. The summed E-state index contributed by atoms with van der Waals surface area (Å²) in [5.41, 5.74) is 2.48. The minimum absolute atomic E-state index is 0.0911. The molecule has 2 heterocycles. The predicted molar refractivity (Wildman–Crippen MR) is 141 cm³/mol. The Morgan fingerprint density at radius 2 is 1.68 bits per heavy atom. The van der Waals surface area contributed by atoms with Crippen molar-refractivity contribution in [3.63, 3.8) is 0 Å². The number of aromatic nitrogens is 4. The summed E-state index contributed by atoms with van der Waals surface area (Å²) in [6.45, 7) is 7.20. The van der Waals surface area contributed by atoms with E-state index in [0.717, 1.165) is 0 Å². The molecule has 0 saturated heterocycles. The van der Waals surface area contributed by atoms with Crippen molar-refractivity contribution < 1.29 is 14.4 Å². The third-order valence-corrected chi connectivity index (χ3v) is 6.40. The van der Waals surface area contributed by atoms with Gasteiger partial charge in [0.05, 0.1) is 5.52 Å². The summed E-state index contributed by atoms with van der Waals surface area (Å²) in [6.07, 6.45) is 3.88. The zero-order valence-corrected chi connectivity index (χ0v) is 21.4. The molecule has 0 fully saturated rings. The summed E-state index contributed by atoms with van der Waals surface area (Å²) in [5, 5.41) is 11.4. The number of benzene rings is 2. The minimum atomic E-state index is -0.987. The van der Waals surface area contributed by atoms with E-state index in [1.165, 1.54) is 16.5 Å². The first kappa shape index (κ1) is 25.7. The van der Waals surface area contributed by atoms with E-state index in [9.17, 15) is 14.4 Å². The normalized spacial score (nSPS) is 12.2. The zero-order chi connectivity index (χ0) is 26.6. The highest BCUT2D eigenvalue weighted by molar-refractivity contribution is 6.02. The van der Waals surface area contributed by atoms with Crippen molar-refractivity contribution in [3.05, 3.63) is 84.2 Å². The highest BCUT2D eigenvalue weighted by atomic mass is 16.2. The van der Waals surface area contributed by atoms with Crippen molar-refractivity contribution >= 4 is 34.3 Å². The van der Waals surface area contributed by atoms with E-state index >= 15 is 0 Å². The highest BCUT2D eigenvalue weighted by Gasteiger charge is 2.35. The molecular weight excluding hydrogens is 468 g/mol. The van der Waals surface area contributed by atoms with Crippen LogP contribution >= 0.6 is 0 Å². The number of fused-ring (bicyclic) bond motifs is 1. The number of para-hydroxylation sites is 1. The summed E-state index contributed by atoms with van der Waals surface area (Å²) < 4.78 is 1.52. The Labute approximate surface area is 215 Å². The number of rotatable bonds is 9. The molecule has 9 heteroatoms. The van der Waals surface area contributed by atoms with Crippen LogP contribution in [0.15, 0.2) is 73.1 Å². The third-order valence-electron chi connectivity index (χ3n) is 6.40. The lowest BCUT2D eigenvalue weighted by Crippen LogP contribution is -2.51. The van der Waals surface area contributed by atoms with Crippen molar-refractivity contribution in [1.82, 2.24) is 25.3 Å². The molecule has 37 heavy (non-hydrogen) atoms. The number of anilines is 1. The van der Waals surface area contributed by atoms with E-state index in [-0.39, 0.29) is 24.1 Å². The van der Waals surface area contributed by atoms with Gasteiger partial charge in [-0.05, 0) is 81.3 Å². The van der Waals surface area contributed by atoms with Crippen LogP contribution in [0.3, 0.4) is 0 Å². The number of amides is 2. The lowest BCUT2D eigenvalue weighted by Gasteiger charge is -2.34. The van der Waals surface area contributed by atoms with Crippen LogP contribution in [0.1, 0.15) is 56.1 Å². The van der Waals surface area contributed by atoms with Crippen molar-refractivity contribution in [2.45, 2.75) is 52.2 Å². The van der Waals surface area contributed by atoms with Crippen LogP contribution in [-0.4, -0.2) is 43.1 Å². The van der Waals surface area contributed by atoms with Gasteiger partial charge in [-0.1, -0.05) is 24.3 Å². The molecule has 1 atom stereocenters. The molecule has 0 saturated carbocycles. The summed E-state index contributed by atoms with van der Waals surface area (Å²) in [4.78, 5) is 45.2. The smallest absolute Gasteiger partial charge is 0.249 e. The maximum absolute atomic E-state index is 14.0. The van der Waals surface area contributed by atoms with E-state index < -0.39 is 11.6 Å². The van der Waals surface area contributed by atoms with Crippen molar-refractivity contribution in [3.8, 4) is 0 Å². The van der Waals surface area contributed by atoms with Crippen molar-refractivity contribution in [2.75, 3.05) is 4.90 Å². The van der Waals surface area contributed by atoms with Crippen LogP contribution in [0.4, 0.5) is 5.69 Å². The molecule has 4 rings (SSSR count). The number of hydrogen-bond donors (Lipinski definition) is 1. The average molecular weight is 499 g/mol. The molecule has 2 aromatic carbocycles. The molecule has 0 aliphatic rings. The first-order chi connectivity index (χ1) is 17.7. The first-order valence-electron chi connectivity index (χ1n) is 12.1. The lowest BCUT2D eigenvalue weighted by molar-refractivity contribution is -0.128. The fourth-order valence-corrected chi connectivity index (χ4v) is 3.99. The number of hydrogen-bond acceptors (Lipinski definition) is 6. The van der Waals surface area contributed by atoms with E-state index in [1.54, 1.807) is 48.8 Å². The molecule has 4 aromatic rings. The Kier molecular flexibility index (Phi) is 7.42. The van der Waals surface area contributed by atoms with Crippen LogP contribution in [0.25, 0.3) is 11.0 Å². The second kappa shape index (κ2) is 10.7. The lowest BCUT2D eigenvalue weighted by atomic mass is 9.98. The average Bonchev–Trinajstić information content (AvgIpc) is 3.30. The Morgan fingerprint density at radius 3 is 2.32 bits per heavy atom. The number of Topliss-reactive ketones (excluding diaryl/α,β-unsaturated/α-hetero) is 1. The van der Waals surface area contributed by atoms with Gasteiger partial charge in [0, 0.05) is 29.2 Å². The standard InChI is InChI=1S/C28H30N6O3/c1-5-28(3,4)30-27(37)26(21-14-16-29-17-15-21)34(22-12-10-20(11-13-22)19(2)35)25(36)18-33-24-9-7-6-8-23(24)31-32-33/h6-17,26H,5,18H2,1-4H3,(H,30,37). The number of carbonyl (C=O) groups is 3.